The van der Waals surface area contributed by atoms with E-state index in [4.69, 9.17) is 13.6 Å². The summed E-state index contributed by atoms with van der Waals surface area (Å²) < 4.78 is 16.1. The van der Waals surface area contributed by atoms with Gasteiger partial charge >= 0.3 is 0 Å². The first-order valence-electron chi connectivity index (χ1n) is 9.36. The molecule has 1 fully saturated rings. The monoisotopic (exact) mass is 381 g/mol. The molecular formula is C22H23NO5. The van der Waals surface area contributed by atoms with E-state index in [-0.39, 0.29) is 12.5 Å². The molecule has 2 aromatic heterocycles. The molecule has 6 heteroatoms. The van der Waals surface area contributed by atoms with E-state index >= 15 is 0 Å². The Hall–Kier alpha value is -2.83. The summed E-state index contributed by atoms with van der Waals surface area (Å²) in [6.45, 7) is 1.01. The van der Waals surface area contributed by atoms with Gasteiger partial charge in [0.2, 0.25) is 5.91 Å². The zero-order valence-electron chi connectivity index (χ0n) is 15.5. The molecule has 3 aromatic rings. The summed E-state index contributed by atoms with van der Waals surface area (Å²) in [5.41, 5.74) is -0.723. The average Bonchev–Trinajstić information content (AvgIpc) is 3.48. The number of amides is 1. The molecule has 1 saturated heterocycles. The van der Waals surface area contributed by atoms with E-state index < -0.39 is 11.0 Å². The maximum atomic E-state index is 13.4. The fourth-order valence-corrected chi connectivity index (χ4v) is 3.85. The molecule has 1 aliphatic rings. The molecule has 3 heterocycles. The highest BCUT2D eigenvalue weighted by atomic mass is 16.5. The standard InChI is InChI=1S/C22H23NO5/c24-20(21(9-13-26-14-10-21)17-5-2-1-3-6-17)23-16-22(25,18-8-12-27-15-18)19-7-4-11-28-19/h1-8,11-12,15,25H,9-10,13-14,16H2,(H,23,24)/t22-/m0/s1. The van der Waals surface area contributed by atoms with E-state index in [1.165, 1.54) is 18.8 Å². The number of nitrogens with one attached hydrogen (secondary N) is 1. The van der Waals surface area contributed by atoms with E-state index in [1.54, 1.807) is 18.2 Å². The fourth-order valence-electron chi connectivity index (χ4n) is 3.85. The van der Waals surface area contributed by atoms with Gasteiger partial charge in [-0.05, 0) is 36.6 Å². The second-order valence-corrected chi connectivity index (χ2v) is 7.09. The number of benzene rings is 1. The Morgan fingerprint density at radius 2 is 1.86 bits per heavy atom. The van der Waals surface area contributed by atoms with Crippen molar-refractivity contribution < 1.29 is 23.5 Å². The third-order valence-electron chi connectivity index (χ3n) is 5.54. The van der Waals surface area contributed by atoms with Gasteiger partial charge in [-0.3, -0.25) is 4.79 Å². The highest BCUT2D eigenvalue weighted by Crippen LogP contribution is 2.36. The molecule has 0 radical (unpaired) electrons. The van der Waals surface area contributed by atoms with Gasteiger partial charge in [-0.2, -0.15) is 0 Å². The molecule has 0 unspecified atom stereocenters. The van der Waals surface area contributed by atoms with E-state index in [9.17, 15) is 9.90 Å². The van der Waals surface area contributed by atoms with Gasteiger partial charge in [0.25, 0.3) is 0 Å². The lowest BCUT2D eigenvalue weighted by Crippen LogP contribution is -2.51. The van der Waals surface area contributed by atoms with Crippen LogP contribution in [0, 0.1) is 0 Å². The van der Waals surface area contributed by atoms with Crippen LogP contribution in [0.1, 0.15) is 29.7 Å². The normalized spacial score (nSPS) is 18.3. The third kappa shape index (κ3) is 3.25. The number of rotatable bonds is 6. The van der Waals surface area contributed by atoms with Crippen LogP contribution in [-0.2, 0) is 20.5 Å². The maximum absolute atomic E-state index is 13.4. The Bertz CT molecular complexity index is 846. The Labute approximate surface area is 163 Å². The van der Waals surface area contributed by atoms with E-state index in [1.807, 2.05) is 30.3 Å². The molecule has 0 aliphatic carbocycles. The molecule has 1 amide bonds. The van der Waals surface area contributed by atoms with Gasteiger partial charge in [-0.1, -0.05) is 30.3 Å². The van der Waals surface area contributed by atoms with Crippen molar-refractivity contribution in [1.29, 1.82) is 0 Å². The summed E-state index contributed by atoms with van der Waals surface area (Å²) in [7, 11) is 0. The molecule has 0 saturated carbocycles. The first-order chi connectivity index (χ1) is 13.7. The van der Waals surface area contributed by atoms with Crippen LogP contribution in [0.5, 0.6) is 0 Å². The molecule has 2 N–H and O–H groups in total. The van der Waals surface area contributed by atoms with Crippen LogP contribution in [0.4, 0.5) is 0 Å². The predicted octanol–water partition coefficient (Wildman–Crippen LogP) is 2.97. The van der Waals surface area contributed by atoms with E-state index in [0.29, 0.717) is 37.4 Å². The summed E-state index contributed by atoms with van der Waals surface area (Å²) in [5.74, 6) is 0.213. The van der Waals surface area contributed by atoms with Gasteiger partial charge in [-0.15, -0.1) is 0 Å². The van der Waals surface area contributed by atoms with Gasteiger partial charge in [0.15, 0.2) is 5.60 Å². The molecule has 0 bridgehead atoms. The van der Waals surface area contributed by atoms with Crippen LogP contribution in [0.3, 0.4) is 0 Å². The zero-order chi connectivity index (χ0) is 19.5. The predicted molar refractivity (Wildman–Crippen MR) is 102 cm³/mol. The van der Waals surface area contributed by atoms with Crippen LogP contribution in [0.2, 0.25) is 0 Å². The number of furan rings is 2. The van der Waals surface area contributed by atoms with Gasteiger partial charge in [0, 0.05) is 18.8 Å². The molecule has 1 aliphatic heterocycles. The molecule has 1 atom stereocenters. The molecule has 6 nitrogen and oxygen atoms in total. The highest BCUT2D eigenvalue weighted by molar-refractivity contribution is 5.88. The minimum Gasteiger partial charge on any atom is -0.472 e. The summed E-state index contributed by atoms with van der Waals surface area (Å²) in [4.78, 5) is 13.4. The summed E-state index contributed by atoms with van der Waals surface area (Å²) in [5, 5.41) is 14.3. The summed E-state index contributed by atoms with van der Waals surface area (Å²) in [6, 6.07) is 14.8. The number of aliphatic hydroxyl groups is 1. The van der Waals surface area contributed by atoms with Crippen molar-refractivity contribution in [3.05, 3.63) is 84.2 Å². The van der Waals surface area contributed by atoms with Crippen molar-refractivity contribution in [2.24, 2.45) is 0 Å². The van der Waals surface area contributed by atoms with Crippen molar-refractivity contribution in [2.45, 2.75) is 23.9 Å². The Balaban J connectivity index is 1.61. The first-order valence-corrected chi connectivity index (χ1v) is 9.36. The quantitative estimate of drug-likeness (QED) is 0.686. The number of hydrogen-bond donors (Lipinski definition) is 2. The van der Waals surface area contributed by atoms with Crippen molar-refractivity contribution >= 4 is 5.91 Å². The van der Waals surface area contributed by atoms with Gasteiger partial charge in [0.1, 0.15) is 5.76 Å². The number of hydrogen-bond acceptors (Lipinski definition) is 5. The van der Waals surface area contributed by atoms with Crippen molar-refractivity contribution in [3.8, 4) is 0 Å². The summed E-state index contributed by atoms with van der Waals surface area (Å²) >= 11 is 0. The van der Waals surface area contributed by atoms with Crippen LogP contribution >= 0.6 is 0 Å². The van der Waals surface area contributed by atoms with Crippen LogP contribution < -0.4 is 5.32 Å². The molecule has 1 aromatic carbocycles. The van der Waals surface area contributed by atoms with Crippen molar-refractivity contribution in [3.63, 3.8) is 0 Å². The number of carbonyl (C=O) groups is 1. The van der Waals surface area contributed by atoms with E-state index in [0.717, 1.165) is 5.56 Å². The second-order valence-electron chi connectivity index (χ2n) is 7.09. The first kappa shape index (κ1) is 18.5. The second kappa shape index (κ2) is 7.66. The maximum Gasteiger partial charge on any atom is 0.230 e. The summed E-state index contributed by atoms with van der Waals surface area (Å²) in [6.07, 6.45) is 5.61. The molecule has 0 spiro atoms. The Morgan fingerprint density at radius 3 is 2.50 bits per heavy atom. The lowest BCUT2D eigenvalue weighted by molar-refractivity contribution is -0.131. The van der Waals surface area contributed by atoms with Crippen molar-refractivity contribution in [2.75, 3.05) is 19.8 Å². The van der Waals surface area contributed by atoms with E-state index in [2.05, 4.69) is 5.32 Å². The molecule has 28 heavy (non-hydrogen) atoms. The Kier molecular flexibility index (Phi) is 5.07. The fraction of sp³-hybridized carbons (Fsp3) is 0.318. The van der Waals surface area contributed by atoms with Gasteiger partial charge < -0.3 is 24.0 Å². The molecule has 146 valence electrons. The van der Waals surface area contributed by atoms with Gasteiger partial charge in [-0.25, -0.2) is 0 Å². The third-order valence-corrected chi connectivity index (χ3v) is 5.54. The minimum atomic E-state index is -1.52. The average molecular weight is 381 g/mol. The lowest BCUT2D eigenvalue weighted by atomic mass is 9.73. The minimum absolute atomic E-state index is 0.0334. The SMILES string of the molecule is O=C(NC[C@](O)(c1ccoc1)c1ccco1)C1(c2ccccc2)CCOCC1. The van der Waals surface area contributed by atoms with Crippen LogP contribution in [0.25, 0.3) is 0 Å². The number of carbonyl (C=O) groups excluding carboxylic acids is 1. The lowest BCUT2D eigenvalue weighted by Gasteiger charge is -2.37. The zero-order valence-corrected chi connectivity index (χ0v) is 15.5. The molecule has 4 rings (SSSR count). The molecular weight excluding hydrogens is 358 g/mol. The Morgan fingerprint density at radius 1 is 1.07 bits per heavy atom. The van der Waals surface area contributed by atoms with Crippen LogP contribution in [-0.4, -0.2) is 30.8 Å². The highest BCUT2D eigenvalue weighted by Gasteiger charge is 2.43. The van der Waals surface area contributed by atoms with Crippen LogP contribution in [0.15, 0.2) is 76.2 Å². The topological polar surface area (TPSA) is 84.8 Å². The van der Waals surface area contributed by atoms with Gasteiger partial charge in [0.05, 0.1) is 30.7 Å². The largest absolute Gasteiger partial charge is 0.472 e. The number of ether oxygens (including phenoxy) is 1. The smallest absolute Gasteiger partial charge is 0.230 e. The van der Waals surface area contributed by atoms with Crippen molar-refractivity contribution in [1.82, 2.24) is 5.32 Å².